The average Bonchev–Trinajstić information content (AvgIpc) is 1.91. The van der Waals surface area contributed by atoms with Gasteiger partial charge in [-0.15, -0.1) is 5.10 Å². The summed E-state index contributed by atoms with van der Waals surface area (Å²) in [6, 6.07) is 0. The molecule has 0 fully saturated rings. The van der Waals surface area contributed by atoms with Crippen LogP contribution in [0.5, 0.6) is 0 Å². The van der Waals surface area contributed by atoms with E-state index in [0.29, 0.717) is 0 Å². The van der Waals surface area contributed by atoms with E-state index < -0.39 is 0 Å². The minimum Gasteiger partial charge on any atom is -0.238 e. The summed E-state index contributed by atoms with van der Waals surface area (Å²) in [5, 5.41) is 7.26. The van der Waals surface area contributed by atoms with E-state index in [1.807, 2.05) is 0 Å². The quantitative estimate of drug-likeness (QED) is 0.584. The van der Waals surface area contributed by atoms with Gasteiger partial charge in [-0.05, 0) is 6.42 Å². The smallest absolute Gasteiger partial charge is 0.138 e. The van der Waals surface area contributed by atoms with Crippen molar-refractivity contribution in [1.82, 2.24) is 15.2 Å². The van der Waals surface area contributed by atoms with Crippen molar-refractivity contribution < 1.29 is 0 Å². The summed E-state index contributed by atoms with van der Waals surface area (Å²) >= 11 is 0. The zero-order chi connectivity index (χ0) is 6.53. The lowest BCUT2D eigenvalue weighted by Gasteiger charge is -1.91. The third-order valence-electron chi connectivity index (χ3n) is 1.05. The Morgan fingerprint density at radius 1 is 1.44 bits per heavy atom. The molecular formula is C6H9N3. The molecule has 0 aromatic carbocycles. The lowest BCUT2D eigenvalue weighted by atomic mass is 10.3. The topological polar surface area (TPSA) is 38.7 Å². The molecule has 0 N–H and O–H groups in total. The molecule has 9 heavy (non-hydrogen) atoms. The Labute approximate surface area is 54.2 Å². The molecule has 0 amide bonds. The van der Waals surface area contributed by atoms with Gasteiger partial charge in [0, 0.05) is 0 Å². The van der Waals surface area contributed by atoms with Gasteiger partial charge >= 0.3 is 0 Å². The molecule has 1 heterocycles. The van der Waals surface area contributed by atoms with Crippen molar-refractivity contribution >= 4 is 0 Å². The average molecular weight is 123 g/mol. The van der Waals surface area contributed by atoms with Crippen LogP contribution in [0, 0.1) is 0 Å². The fourth-order valence-electron chi connectivity index (χ4n) is 0.648. The van der Waals surface area contributed by atoms with Crippen molar-refractivity contribution in [3.8, 4) is 0 Å². The maximum atomic E-state index is 3.99. The van der Waals surface area contributed by atoms with Crippen LogP contribution in [-0.4, -0.2) is 15.2 Å². The van der Waals surface area contributed by atoms with Gasteiger partial charge in [0.25, 0.3) is 0 Å². The summed E-state index contributed by atoms with van der Waals surface area (Å²) in [6.45, 7) is 2.11. The van der Waals surface area contributed by atoms with E-state index in [1.165, 1.54) is 6.33 Å². The fraction of sp³-hybridized carbons (Fsp3) is 0.500. The van der Waals surface area contributed by atoms with Crippen LogP contribution in [0.1, 0.15) is 19.0 Å². The highest BCUT2D eigenvalue weighted by Gasteiger charge is 1.88. The monoisotopic (exact) mass is 123 g/mol. The van der Waals surface area contributed by atoms with E-state index >= 15 is 0 Å². The largest absolute Gasteiger partial charge is 0.238 e. The van der Waals surface area contributed by atoms with Crippen LogP contribution in [0.3, 0.4) is 0 Å². The Bertz CT molecular complexity index is 161. The maximum absolute atomic E-state index is 3.99. The third-order valence-corrected chi connectivity index (χ3v) is 1.05. The number of hydrogen-bond donors (Lipinski definition) is 0. The molecule has 0 saturated heterocycles. The van der Waals surface area contributed by atoms with Gasteiger partial charge < -0.3 is 0 Å². The lowest BCUT2D eigenvalue weighted by molar-refractivity contribution is 0.835. The SMILES string of the molecule is CCCc1cnncn1. The van der Waals surface area contributed by atoms with Gasteiger partial charge in [-0.2, -0.15) is 5.10 Å². The second kappa shape index (κ2) is 3.12. The molecule has 0 aliphatic rings. The highest BCUT2D eigenvalue weighted by Crippen LogP contribution is 1.92. The zero-order valence-corrected chi connectivity index (χ0v) is 5.41. The zero-order valence-electron chi connectivity index (χ0n) is 5.41. The van der Waals surface area contributed by atoms with Gasteiger partial charge in [0.05, 0.1) is 11.9 Å². The molecule has 1 aromatic heterocycles. The Morgan fingerprint density at radius 3 is 2.89 bits per heavy atom. The summed E-state index contributed by atoms with van der Waals surface area (Å²) < 4.78 is 0. The first-order valence-electron chi connectivity index (χ1n) is 3.05. The normalized spacial score (nSPS) is 9.44. The molecule has 0 spiro atoms. The highest BCUT2D eigenvalue weighted by molar-refractivity contribution is 4.90. The molecule has 0 bridgehead atoms. The molecule has 3 nitrogen and oxygen atoms in total. The molecule has 1 rings (SSSR count). The highest BCUT2D eigenvalue weighted by atomic mass is 15.1. The van der Waals surface area contributed by atoms with Crippen LogP contribution in [0.2, 0.25) is 0 Å². The summed E-state index contributed by atoms with van der Waals surface area (Å²) in [7, 11) is 0. The Balaban J connectivity index is 2.61. The van der Waals surface area contributed by atoms with Gasteiger partial charge in [-0.25, -0.2) is 4.98 Å². The summed E-state index contributed by atoms with van der Waals surface area (Å²) in [5.41, 5.74) is 1.02. The van der Waals surface area contributed by atoms with Crippen molar-refractivity contribution in [2.45, 2.75) is 19.8 Å². The van der Waals surface area contributed by atoms with E-state index in [9.17, 15) is 0 Å². The molecule has 48 valence electrons. The van der Waals surface area contributed by atoms with Crippen molar-refractivity contribution in [1.29, 1.82) is 0 Å². The van der Waals surface area contributed by atoms with Crippen molar-refractivity contribution in [3.63, 3.8) is 0 Å². The predicted octanol–water partition coefficient (Wildman–Crippen LogP) is 0.824. The van der Waals surface area contributed by atoms with E-state index in [-0.39, 0.29) is 0 Å². The number of rotatable bonds is 2. The summed E-state index contributed by atoms with van der Waals surface area (Å²) in [4.78, 5) is 3.99. The second-order valence-corrected chi connectivity index (χ2v) is 1.85. The van der Waals surface area contributed by atoms with E-state index in [0.717, 1.165) is 18.5 Å². The van der Waals surface area contributed by atoms with Crippen LogP contribution in [0.15, 0.2) is 12.5 Å². The van der Waals surface area contributed by atoms with Crippen LogP contribution < -0.4 is 0 Å². The molecule has 0 aliphatic heterocycles. The molecule has 0 aliphatic carbocycles. The lowest BCUT2D eigenvalue weighted by Crippen LogP contribution is -1.90. The van der Waals surface area contributed by atoms with Crippen molar-refractivity contribution in [3.05, 3.63) is 18.2 Å². The van der Waals surface area contributed by atoms with E-state index in [1.54, 1.807) is 6.20 Å². The predicted molar refractivity (Wildman–Crippen MR) is 33.8 cm³/mol. The number of hydrogen-bond acceptors (Lipinski definition) is 3. The van der Waals surface area contributed by atoms with Crippen molar-refractivity contribution in [2.75, 3.05) is 0 Å². The van der Waals surface area contributed by atoms with Crippen LogP contribution in [0.4, 0.5) is 0 Å². The molecule has 1 aromatic rings. The first kappa shape index (κ1) is 6.13. The Kier molecular flexibility index (Phi) is 2.13. The fourth-order valence-corrected chi connectivity index (χ4v) is 0.648. The van der Waals surface area contributed by atoms with Crippen LogP contribution in [0.25, 0.3) is 0 Å². The van der Waals surface area contributed by atoms with E-state index in [4.69, 9.17) is 0 Å². The summed E-state index contributed by atoms with van der Waals surface area (Å²) in [6.07, 6.45) is 5.28. The van der Waals surface area contributed by atoms with E-state index in [2.05, 4.69) is 22.1 Å². The third kappa shape index (κ3) is 1.76. The molecule has 0 unspecified atom stereocenters. The number of nitrogens with zero attached hydrogens (tertiary/aromatic N) is 3. The molecule has 0 atom stereocenters. The van der Waals surface area contributed by atoms with Gasteiger partial charge in [0.2, 0.25) is 0 Å². The molecule has 3 heteroatoms. The second-order valence-electron chi connectivity index (χ2n) is 1.85. The van der Waals surface area contributed by atoms with Crippen molar-refractivity contribution in [2.24, 2.45) is 0 Å². The first-order chi connectivity index (χ1) is 4.43. The number of aromatic nitrogens is 3. The standard InChI is InChI=1S/C6H9N3/c1-2-3-6-4-8-9-5-7-6/h4-5H,2-3H2,1H3. The summed E-state index contributed by atoms with van der Waals surface area (Å²) in [5.74, 6) is 0. The minimum absolute atomic E-state index is 0.996. The van der Waals surface area contributed by atoms with Crippen LogP contribution >= 0.6 is 0 Å². The Morgan fingerprint density at radius 2 is 2.33 bits per heavy atom. The first-order valence-corrected chi connectivity index (χ1v) is 3.05. The minimum atomic E-state index is 0.996. The molecule has 0 saturated carbocycles. The molecular weight excluding hydrogens is 114 g/mol. The van der Waals surface area contributed by atoms with Crippen LogP contribution in [-0.2, 0) is 6.42 Å². The van der Waals surface area contributed by atoms with Gasteiger partial charge in [0.15, 0.2) is 0 Å². The number of aryl methyl sites for hydroxylation is 1. The molecule has 0 radical (unpaired) electrons. The van der Waals surface area contributed by atoms with Gasteiger partial charge in [-0.1, -0.05) is 13.3 Å². The van der Waals surface area contributed by atoms with Gasteiger partial charge in [-0.3, -0.25) is 0 Å². The maximum Gasteiger partial charge on any atom is 0.138 e. The van der Waals surface area contributed by atoms with Gasteiger partial charge in [0.1, 0.15) is 6.33 Å². The Hall–Kier alpha value is -0.990.